The maximum atomic E-state index is 4.81. The Bertz CT molecular complexity index is 1050. The van der Waals surface area contributed by atoms with Gasteiger partial charge in [0.05, 0.1) is 5.52 Å². The molecule has 3 saturated heterocycles. The molecule has 3 N–H and O–H groups in total. The summed E-state index contributed by atoms with van der Waals surface area (Å²) in [5.74, 6) is 2.22. The number of nitrogens with zero attached hydrogens (tertiary/aromatic N) is 4. The largest absolute Gasteiger partial charge is 0.351 e. The first-order valence-corrected chi connectivity index (χ1v) is 10.7. The number of aromatic amines is 1. The predicted octanol–water partition coefficient (Wildman–Crippen LogP) is 3.96. The lowest BCUT2D eigenvalue weighted by Gasteiger charge is -2.66. The van der Waals surface area contributed by atoms with Gasteiger partial charge >= 0.3 is 0 Å². The van der Waals surface area contributed by atoms with E-state index in [1.807, 2.05) is 31.2 Å². The second kappa shape index (κ2) is 6.15. The van der Waals surface area contributed by atoms with Crippen molar-refractivity contribution in [2.75, 3.05) is 10.6 Å². The van der Waals surface area contributed by atoms with E-state index in [9.17, 15) is 0 Å². The van der Waals surface area contributed by atoms with Crippen LogP contribution in [0.2, 0.25) is 0 Å². The first-order chi connectivity index (χ1) is 13.6. The Morgan fingerprint density at radius 3 is 2.57 bits per heavy atom. The van der Waals surface area contributed by atoms with Gasteiger partial charge in [0.15, 0.2) is 5.82 Å². The van der Waals surface area contributed by atoms with Gasteiger partial charge in [-0.3, -0.25) is 10.00 Å². The summed E-state index contributed by atoms with van der Waals surface area (Å²) >= 11 is 3.56. The molecule has 3 aromatic rings. The fraction of sp³-hybridized carbons (Fsp3) is 0.450. The normalized spacial score (nSPS) is 28.4. The third kappa shape index (κ3) is 2.69. The molecule has 0 radical (unpaired) electrons. The highest BCUT2D eigenvalue weighted by Gasteiger charge is 2.54. The summed E-state index contributed by atoms with van der Waals surface area (Å²) in [6.45, 7) is 1.98. The molecular weight excluding hydrogens is 418 g/mol. The number of hydrogen-bond donors (Lipinski definition) is 3. The molecule has 1 aromatic carbocycles. The van der Waals surface area contributed by atoms with Gasteiger partial charge in [0.1, 0.15) is 5.82 Å². The molecule has 1 unspecified atom stereocenters. The maximum absolute atomic E-state index is 4.81. The minimum absolute atomic E-state index is 0.442. The number of piperidine rings is 2. The number of benzene rings is 1. The molecule has 0 bridgehead atoms. The fourth-order valence-corrected chi connectivity index (χ4v) is 5.53. The Morgan fingerprint density at radius 2 is 1.86 bits per heavy atom. The zero-order valence-corrected chi connectivity index (χ0v) is 17.2. The molecule has 0 amide bonds. The van der Waals surface area contributed by atoms with E-state index >= 15 is 0 Å². The van der Waals surface area contributed by atoms with Gasteiger partial charge in [-0.1, -0.05) is 15.9 Å². The Balaban J connectivity index is 1.32. The summed E-state index contributed by atoms with van der Waals surface area (Å²) in [4.78, 5) is 12.3. The van der Waals surface area contributed by atoms with E-state index in [-0.39, 0.29) is 0 Å². The smallest absolute Gasteiger partial charge is 0.225 e. The van der Waals surface area contributed by atoms with Crippen molar-refractivity contribution in [3.05, 3.63) is 34.4 Å². The van der Waals surface area contributed by atoms with E-state index in [0.29, 0.717) is 12.0 Å². The highest BCUT2D eigenvalue weighted by molar-refractivity contribution is 9.10. The van der Waals surface area contributed by atoms with Gasteiger partial charge in [-0.15, -0.1) is 0 Å². The van der Waals surface area contributed by atoms with Gasteiger partial charge in [-0.25, -0.2) is 4.98 Å². The van der Waals surface area contributed by atoms with Crippen molar-refractivity contribution in [3.63, 3.8) is 0 Å². The topological polar surface area (TPSA) is 81.8 Å². The first-order valence-electron chi connectivity index (χ1n) is 9.93. The Hall–Kier alpha value is -2.19. The van der Waals surface area contributed by atoms with Crippen LogP contribution in [0.4, 0.5) is 17.6 Å². The van der Waals surface area contributed by atoms with Crippen molar-refractivity contribution in [1.29, 1.82) is 0 Å². The van der Waals surface area contributed by atoms with Crippen LogP contribution >= 0.6 is 15.9 Å². The van der Waals surface area contributed by atoms with Crippen LogP contribution in [0.5, 0.6) is 0 Å². The Kier molecular flexibility index (Phi) is 3.68. The molecule has 28 heavy (non-hydrogen) atoms. The zero-order valence-electron chi connectivity index (χ0n) is 15.6. The van der Waals surface area contributed by atoms with Gasteiger partial charge in [0, 0.05) is 45.8 Å². The number of halogens is 1. The lowest BCUT2D eigenvalue weighted by Crippen LogP contribution is -2.73. The highest BCUT2D eigenvalue weighted by atomic mass is 79.9. The Morgan fingerprint density at radius 1 is 1.07 bits per heavy atom. The molecule has 8 heteroatoms. The summed E-state index contributed by atoms with van der Waals surface area (Å²) in [7, 11) is 0. The summed E-state index contributed by atoms with van der Waals surface area (Å²) in [6.07, 6.45) is 5.11. The second-order valence-corrected chi connectivity index (χ2v) is 9.23. The average Bonchev–Trinajstić information content (AvgIpc) is 3.02. The molecule has 5 heterocycles. The number of rotatable bonds is 4. The summed E-state index contributed by atoms with van der Waals surface area (Å²) in [5, 5.41) is 15.2. The van der Waals surface area contributed by atoms with E-state index in [2.05, 4.69) is 41.7 Å². The molecule has 6 rings (SSSR count). The fourth-order valence-electron chi connectivity index (χ4n) is 5.19. The molecule has 2 aromatic heterocycles. The van der Waals surface area contributed by atoms with Gasteiger partial charge in [0.2, 0.25) is 5.95 Å². The number of hydrogen-bond acceptors (Lipinski definition) is 6. The minimum Gasteiger partial charge on any atom is -0.351 e. The van der Waals surface area contributed by atoms with Gasteiger partial charge in [0.25, 0.3) is 0 Å². The van der Waals surface area contributed by atoms with Crippen LogP contribution in [0, 0.1) is 6.92 Å². The summed E-state index contributed by atoms with van der Waals surface area (Å²) in [5.41, 5.74) is 1.92. The number of fused-ring (bicyclic) bond motifs is 1. The molecule has 3 fully saturated rings. The van der Waals surface area contributed by atoms with E-state index in [1.54, 1.807) is 0 Å². The molecule has 7 nitrogen and oxygen atoms in total. The molecule has 0 aliphatic carbocycles. The number of nitrogens with one attached hydrogen (secondary N) is 3. The van der Waals surface area contributed by atoms with Crippen LogP contribution in [-0.4, -0.2) is 49.2 Å². The number of anilines is 3. The quantitative estimate of drug-likeness (QED) is 0.570. The van der Waals surface area contributed by atoms with Crippen molar-refractivity contribution >= 4 is 44.4 Å². The second-order valence-electron chi connectivity index (χ2n) is 8.31. The van der Waals surface area contributed by atoms with E-state index < -0.39 is 0 Å². The van der Waals surface area contributed by atoms with E-state index in [0.717, 1.165) is 50.8 Å². The lowest BCUT2D eigenvalue weighted by molar-refractivity contribution is -0.146. The van der Waals surface area contributed by atoms with Crippen LogP contribution in [0.3, 0.4) is 0 Å². The third-order valence-corrected chi connectivity index (χ3v) is 6.90. The molecule has 0 saturated carbocycles. The molecule has 0 spiro atoms. The van der Waals surface area contributed by atoms with E-state index in [1.165, 1.54) is 25.7 Å². The lowest BCUT2D eigenvalue weighted by atomic mass is 9.68. The zero-order chi connectivity index (χ0) is 18.8. The molecule has 3 aliphatic rings. The van der Waals surface area contributed by atoms with E-state index in [4.69, 9.17) is 9.97 Å². The number of aryl methyl sites for hydroxylation is 1. The van der Waals surface area contributed by atoms with Crippen molar-refractivity contribution in [2.45, 2.75) is 56.8 Å². The van der Waals surface area contributed by atoms with Gasteiger partial charge in [-0.2, -0.15) is 10.1 Å². The van der Waals surface area contributed by atoms with Crippen molar-refractivity contribution < 1.29 is 0 Å². The predicted molar refractivity (Wildman–Crippen MR) is 113 cm³/mol. The third-order valence-electron chi connectivity index (χ3n) is 6.41. The molecule has 3 aliphatic heterocycles. The molecular formula is C20H22BrN7. The molecule has 4 atom stereocenters. The van der Waals surface area contributed by atoms with Crippen LogP contribution in [0.15, 0.2) is 28.7 Å². The minimum atomic E-state index is 0.442. The van der Waals surface area contributed by atoms with Crippen molar-refractivity contribution in [3.8, 4) is 0 Å². The Labute approximate surface area is 171 Å². The first kappa shape index (κ1) is 16.7. The summed E-state index contributed by atoms with van der Waals surface area (Å²) in [6, 6.07) is 10.9. The SMILES string of the molecule is Cc1cc(Nc2nc(N[C@@H]3C[C@H]4CC5C[C@@H](C3)N54)nc3cc(Br)ccc23)n[nH]1. The van der Waals surface area contributed by atoms with Crippen LogP contribution in [0.25, 0.3) is 10.9 Å². The molecule has 144 valence electrons. The van der Waals surface area contributed by atoms with Crippen molar-refractivity contribution in [1.82, 2.24) is 25.1 Å². The maximum Gasteiger partial charge on any atom is 0.225 e. The summed E-state index contributed by atoms with van der Waals surface area (Å²) < 4.78 is 1.01. The van der Waals surface area contributed by atoms with Gasteiger partial charge in [-0.05, 0) is 50.8 Å². The number of H-pyrrole nitrogens is 1. The van der Waals surface area contributed by atoms with Gasteiger partial charge < -0.3 is 10.6 Å². The van der Waals surface area contributed by atoms with Crippen LogP contribution in [-0.2, 0) is 0 Å². The standard InChI is InChI=1S/C20H22BrN7/c1-10-4-18(27-26-10)24-19-16-3-2-11(21)5-17(16)23-20(25-19)22-12-6-13-8-15-9-14(7-12)28(13)15/h2-5,12-15H,6-9H2,1H3,(H3,22,23,24,25,26,27)/t12-,13+,14-,15?. The number of aromatic nitrogens is 4. The van der Waals surface area contributed by atoms with Crippen molar-refractivity contribution in [2.24, 2.45) is 0 Å². The van der Waals surface area contributed by atoms with Crippen LogP contribution < -0.4 is 10.6 Å². The monoisotopic (exact) mass is 439 g/mol. The highest BCUT2D eigenvalue weighted by Crippen LogP contribution is 2.48. The average molecular weight is 440 g/mol. The van der Waals surface area contributed by atoms with Crippen LogP contribution in [0.1, 0.15) is 31.4 Å².